The Kier molecular flexibility index (Phi) is 4.91. The van der Waals surface area contributed by atoms with Gasteiger partial charge in [0.1, 0.15) is 5.57 Å². The van der Waals surface area contributed by atoms with Crippen LogP contribution in [0.25, 0.3) is 5.57 Å². The second-order valence-corrected chi connectivity index (χ2v) is 3.21. The van der Waals surface area contributed by atoms with Gasteiger partial charge in [0.25, 0.3) is 5.56 Å². The van der Waals surface area contributed by atoms with Crippen LogP contribution in [-0.4, -0.2) is 29.2 Å². The molecule has 7 heteroatoms. The molecule has 1 heterocycles. The van der Waals surface area contributed by atoms with Crippen molar-refractivity contribution >= 4 is 11.5 Å². The lowest BCUT2D eigenvalue weighted by atomic mass is 10.2. The van der Waals surface area contributed by atoms with Gasteiger partial charge in [-0.3, -0.25) is 9.78 Å². The summed E-state index contributed by atoms with van der Waals surface area (Å²) in [6.45, 7) is 3.91. The molecule has 1 aromatic rings. The van der Waals surface area contributed by atoms with Crippen molar-refractivity contribution < 1.29 is 14.3 Å². The van der Waals surface area contributed by atoms with E-state index in [0.717, 1.165) is 12.3 Å². The molecule has 0 saturated carbocycles. The molecule has 98 valence electrons. The third kappa shape index (κ3) is 3.62. The van der Waals surface area contributed by atoms with E-state index in [1.165, 1.54) is 0 Å². The van der Waals surface area contributed by atoms with Gasteiger partial charge in [-0.05, 0) is 13.8 Å². The average molecular weight is 254 g/mol. The summed E-state index contributed by atoms with van der Waals surface area (Å²) in [4.78, 5) is 38.3. The van der Waals surface area contributed by atoms with Crippen LogP contribution in [-0.2, 0) is 14.3 Å². The summed E-state index contributed by atoms with van der Waals surface area (Å²) in [6.07, 6.45) is 1.16. The molecule has 0 amide bonds. The number of H-pyrrole nitrogens is 2. The Bertz CT molecular complexity index is 527. The van der Waals surface area contributed by atoms with E-state index in [4.69, 9.17) is 9.47 Å². The fourth-order valence-corrected chi connectivity index (χ4v) is 1.21. The van der Waals surface area contributed by atoms with Gasteiger partial charge in [-0.15, -0.1) is 0 Å². The minimum absolute atomic E-state index is 0.0121. The molecule has 7 nitrogen and oxygen atoms in total. The predicted octanol–water partition coefficient (Wildman–Crippen LogP) is 0.00370. The summed E-state index contributed by atoms with van der Waals surface area (Å²) < 4.78 is 9.81. The second kappa shape index (κ2) is 6.43. The highest BCUT2D eigenvalue weighted by molar-refractivity contribution is 6.15. The van der Waals surface area contributed by atoms with Crippen LogP contribution >= 0.6 is 0 Å². The molecule has 1 aromatic heterocycles. The normalized spacial score (nSPS) is 11.1. The Morgan fingerprint density at radius 3 is 2.56 bits per heavy atom. The second-order valence-electron chi connectivity index (χ2n) is 3.21. The van der Waals surface area contributed by atoms with Crippen molar-refractivity contribution in [3.63, 3.8) is 0 Å². The van der Waals surface area contributed by atoms with Crippen LogP contribution < -0.4 is 11.2 Å². The van der Waals surface area contributed by atoms with Crippen LogP contribution in [0, 0.1) is 0 Å². The van der Waals surface area contributed by atoms with E-state index in [2.05, 4.69) is 4.98 Å². The molecule has 0 aliphatic heterocycles. The van der Waals surface area contributed by atoms with E-state index in [9.17, 15) is 14.4 Å². The smallest absolute Gasteiger partial charge is 0.343 e. The van der Waals surface area contributed by atoms with E-state index in [1.807, 2.05) is 4.98 Å². The van der Waals surface area contributed by atoms with Gasteiger partial charge in [0.15, 0.2) is 0 Å². The zero-order valence-corrected chi connectivity index (χ0v) is 10.1. The third-order valence-corrected chi connectivity index (χ3v) is 1.91. The molecule has 0 aromatic carbocycles. The molecule has 0 bridgehead atoms. The number of aromatic amines is 2. The van der Waals surface area contributed by atoms with Crippen molar-refractivity contribution in [1.82, 2.24) is 9.97 Å². The van der Waals surface area contributed by atoms with Gasteiger partial charge < -0.3 is 14.5 Å². The third-order valence-electron chi connectivity index (χ3n) is 1.91. The number of esters is 1. The van der Waals surface area contributed by atoms with Crippen LogP contribution in [0.1, 0.15) is 19.5 Å². The van der Waals surface area contributed by atoms with Crippen molar-refractivity contribution in [1.29, 1.82) is 0 Å². The van der Waals surface area contributed by atoms with Crippen LogP contribution in [0.2, 0.25) is 0 Å². The quantitative estimate of drug-likeness (QED) is 0.437. The van der Waals surface area contributed by atoms with Crippen molar-refractivity contribution in [2.45, 2.75) is 13.8 Å². The summed E-state index contributed by atoms with van der Waals surface area (Å²) in [5, 5.41) is 0. The molecule has 0 saturated heterocycles. The lowest BCUT2D eigenvalue weighted by Crippen LogP contribution is -2.24. The Hall–Kier alpha value is -2.31. The molecular formula is C11H14N2O5. The van der Waals surface area contributed by atoms with Crippen molar-refractivity contribution in [3.05, 3.63) is 38.9 Å². The first kappa shape index (κ1) is 13.8. The maximum Gasteiger partial charge on any atom is 0.343 e. The van der Waals surface area contributed by atoms with Gasteiger partial charge in [-0.1, -0.05) is 0 Å². The van der Waals surface area contributed by atoms with E-state index in [1.54, 1.807) is 13.8 Å². The number of aromatic nitrogens is 2. The van der Waals surface area contributed by atoms with E-state index < -0.39 is 17.2 Å². The van der Waals surface area contributed by atoms with Gasteiger partial charge in [0.05, 0.1) is 25.2 Å². The molecule has 0 atom stereocenters. The lowest BCUT2D eigenvalue weighted by Gasteiger charge is -2.06. The number of carbonyl (C=O) groups is 1. The number of hydrogen-bond acceptors (Lipinski definition) is 5. The predicted molar refractivity (Wildman–Crippen MR) is 63.9 cm³/mol. The summed E-state index contributed by atoms with van der Waals surface area (Å²) in [6, 6.07) is 1.09. The van der Waals surface area contributed by atoms with Crippen molar-refractivity contribution in [2.24, 2.45) is 0 Å². The number of nitrogens with one attached hydrogen (secondary N) is 2. The van der Waals surface area contributed by atoms with Crippen molar-refractivity contribution in [3.8, 4) is 0 Å². The minimum atomic E-state index is -0.704. The molecule has 0 aliphatic carbocycles. The number of rotatable bonds is 5. The van der Waals surface area contributed by atoms with E-state index in [-0.39, 0.29) is 17.9 Å². The Morgan fingerprint density at radius 2 is 2.00 bits per heavy atom. The maximum atomic E-state index is 11.7. The number of carbonyl (C=O) groups excluding carboxylic acids is 1. The summed E-state index contributed by atoms with van der Waals surface area (Å²) in [7, 11) is 0. The minimum Gasteiger partial charge on any atom is -0.501 e. The van der Waals surface area contributed by atoms with E-state index >= 15 is 0 Å². The fraction of sp³-hybridized carbons (Fsp3) is 0.364. The molecule has 0 aliphatic rings. The molecule has 1 rings (SSSR count). The van der Waals surface area contributed by atoms with Gasteiger partial charge in [0.2, 0.25) is 0 Å². The maximum absolute atomic E-state index is 11.7. The standard InChI is InChI=1S/C11H14N2O5/c1-3-17-6-7(10(15)18-4-2)8-5-9(14)13-11(16)12-8/h5-6H,3-4H2,1-2H3,(H2,12,13,14,16)/b7-6-. The van der Waals surface area contributed by atoms with Gasteiger partial charge >= 0.3 is 11.7 Å². The number of ether oxygens (including phenoxy) is 2. The zero-order chi connectivity index (χ0) is 13.5. The first-order chi connectivity index (χ1) is 8.58. The summed E-state index contributed by atoms with van der Waals surface area (Å²) in [5.41, 5.74) is -1.28. The van der Waals surface area contributed by atoms with Crippen LogP contribution in [0.15, 0.2) is 21.9 Å². The topological polar surface area (TPSA) is 101 Å². The Labute approximate surface area is 102 Å². The first-order valence-corrected chi connectivity index (χ1v) is 5.41. The van der Waals surface area contributed by atoms with Gasteiger partial charge in [-0.2, -0.15) is 0 Å². The number of hydrogen-bond donors (Lipinski definition) is 2. The lowest BCUT2D eigenvalue weighted by molar-refractivity contribution is -0.136. The zero-order valence-electron chi connectivity index (χ0n) is 10.1. The highest BCUT2D eigenvalue weighted by Crippen LogP contribution is 2.11. The summed E-state index contributed by atoms with van der Waals surface area (Å²) >= 11 is 0. The molecule has 0 spiro atoms. The van der Waals surface area contributed by atoms with Gasteiger partial charge in [0, 0.05) is 6.07 Å². The molecule has 2 N–H and O–H groups in total. The Balaban J connectivity index is 3.21. The molecule has 0 unspecified atom stereocenters. The SMILES string of the molecule is CCO/C=C(\C(=O)OCC)c1cc(=O)[nH]c(=O)[nH]1. The van der Waals surface area contributed by atoms with Crippen molar-refractivity contribution in [2.75, 3.05) is 13.2 Å². The summed E-state index contributed by atoms with van der Waals surface area (Å²) in [5.74, 6) is -0.674. The average Bonchev–Trinajstić information content (AvgIpc) is 2.28. The monoisotopic (exact) mass is 254 g/mol. The highest BCUT2D eigenvalue weighted by atomic mass is 16.5. The van der Waals surface area contributed by atoms with E-state index in [0.29, 0.717) is 6.61 Å². The molecule has 0 fully saturated rings. The molecular weight excluding hydrogens is 240 g/mol. The molecule has 18 heavy (non-hydrogen) atoms. The molecule has 0 radical (unpaired) electrons. The van der Waals surface area contributed by atoms with Crippen LogP contribution in [0.5, 0.6) is 0 Å². The highest BCUT2D eigenvalue weighted by Gasteiger charge is 2.15. The van der Waals surface area contributed by atoms with Crippen LogP contribution in [0.3, 0.4) is 0 Å². The largest absolute Gasteiger partial charge is 0.501 e. The Morgan fingerprint density at radius 1 is 1.28 bits per heavy atom. The first-order valence-electron chi connectivity index (χ1n) is 5.41. The van der Waals surface area contributed by atoms with Crippen LogP contribution in [0.4, 0.5) is 0 Å². The fourth-order valence-electron chi connectivity index (χ4n) is 1.21. The van der Waals surface area contributed by atoms with Gasteiger partial charge in [-0.25, -0.2) is 9.59 Å².